The third kappa shape index (κ3) is 9.29. The molecule has 2 rings (SSSR count). The van der Waals surface area contributed by atoms with Gasteiger partial charge < -0.3 is 9.47 Å². The highest BCUT2D eigenvalue weighted by molar-refractivity contribution is 9.09. The minimum Gasteiger partial charge on any atom is -0.494 e. The predicted molar refractivity (Wildman–Crippen MR) is 133 cm³/mol. The Bertz CT molecular complexity index is 703. The van der Waals surface area contributed by atoms with Crippen LogP contribution in [0.15, 0.2) is 30.3 Å². The molecule has 0 atom stereocenters. The molecule has 0 heterocycles. The minimum absolute atomic E-state index is 0.801. The van der Waals surface area contributed by atoms with Crippen LogP contribution in [0.3, 0.4) is 0 Å². The standard InChI is InChI=1S/C25H36Br2O2/c1-21-24-14-13-23(28-18-10-6-2-4-8-16-26)20-22(24)12-15-25(21)29-19-11-7-3-5-9-17-27/h12-15,20H,2-11,16-19H2,1H3. The van der Waals surface area contributed by atoms with E-state index in [4.69, 9.17) is 9.47 Å². The molecule has 0 radical (unpaired) electrons. The van der Waals surface area contributed by atoms with Crippen LogP contribution in [0.2, 0.25) is 0 Å². The van der Waals surface area contributed by atoms with Crippen LogP contribution in [-0.2, 0) is 0 Å². The van der Waals surface area contributed by atoms with Crippen LogP contribution in [0.25, 0.3) is 10.8 Å². The Balaban J connectivity index is 1.77. The molecule has 0 amide bonds. The number of benzene rings is 2. The third-order valence-electron chi connectivity index (χ3n) is 5.29. The summed E-state index contributed by atoms with van der Waals surface area (Å²) in [5.41, 5.74) is 1.22. The van der Waals surface area contributed by atoms with Gasteiger partial charge in [0.15, 0.2) is 0 Å². The molecule has 0 N–H and O–H groups in total. The van der Waals surface area contributed by atoms with Gasteiger partial charge in [-0.05, 0) is 67.1 Å². The number of aryl methyl sites for hydroxylation is 1. The van der Waals surface area contributed by atoms with Crippen molar-refractivity contribution in [1.29, 1.82) is 0 Å². The first kappa shape index (κ1) is 24.5. The molecular weight excluding hydrogens is 492 g/mol. The maximum absolute atomic E-state index is 6.06. The van der Waals surface area contributed by atoms with E-state index in [2.05, 4.69) is 69.1 Å². The fraction of sp³-hybridized carbons (Fsp3) is 0.600. The van der Waals surface area contributed by atoms with Crippen molar-refractivity contribution >= 4 is 42.6 Å². The molecule has 0 unspecified atom stereocenters. The molecule has 162 valence electrons. The molecule has 2 aromatic carbocycles. The van der Waals surface area contributed by atoms with Crippen molar-refractivity contribution < 1.29 is 9.47 Å². The summed E-state index contributed by atoms with van der Waals surface area (Å²) >= 11 is 6.97. The molecule has 0 aromatic heterocycles. The van der Waals surface area contributed by atoms with E-state index in [1.807, 2.05) is 0 Å². The molecule has 0 spiro atoms. The van der Waals surface area contributed by atoms with Crippen molar-refractivity contribution in [3.05, 3.63) is 35.9 Å². The first-order valence-corrected chi connectivity index (χ1v) is 13.4. The average Bonchev–Trinajstić information content (AvgIpc) is 2.74. The van der Waals surface area contributed by atoms with Crippen molar-refractivity contribution in [2.24, 2.45) is 0 Å². The number of rotatable bonds is 16. The normalized spacial score (nSPS) is 11.1. The molecular formula is C25H36Br2O2. The zero-order valence-electron chi connectivity index (χ0n) is 17.9. The molecule has 0 fully saturated rings. The maximum Gasteiger partial charge on any atom is 0.122 e. The predicted octanol–water partition coefficient (Wildman–Crippen LogP) is 8.60. The van der Waals surface area contributed by atoms with Crippen molar-refractivity contribution in [2.45, 2.75) is 71.1 Å². The van der Waals surface area contributed by atoms with Gasteiger partial charge >= 0.3 is 0 Å². The van der Waals surface area contributed by atoms with E-state index < -0.39 is 0 Å². The SMILES string of the molecule is Cc1c(OCCCCCCCBr)ccc2cc(OCCCCCCCBr)ccc12. The molecule has 29 heavy (non-hydrogen) atoms. The van der Waals surface area contributed by atoms with Crippen LogP contribution in [-0.4, -0.2) is 23.9 Å². The van der Waals surface area contributed by atoms with Crippen molar-refractivity contribution in [3.63, 3.8) is 0 Å². The van der Waals surface area contributed by atoms with Crippen LogP contribution >= 0.6 is 31.9 Å². The number of fused-ring (bicyclic) bond motifs is 1. The minimum atomic E-state index is 0.801. The molecule has 2 aromatic rings. The van der Waals surface area contributed by atoms with Crippen LogP contribution in [0.4, 0.5) is 0 Å². The topological polar surface area (TPSA) is 18.5 Å². The highest BCUT2D eigenvalue weighted by atomic mass is 79.9. The molecule has 0 aliphatic carbocycles. The lowest BCUT2D eigenvalue weighted by Gasteiger charge is -2.13. The Morgan fingerprint density at radius 3 is 1.90 bits per heavy atom. The Kier molecular flexibility index (Phi) is 12.8. The Morgan fingerprint density at radius 2 is 1.24 bits per heavy atom. The maximum atomic E-state index is 6.06. The monoisotopic (exact) mass is 526 g/mol. The van der Waals surface area contributed by atoms with Gasteiger partial charge in [-0.15, -0.1) is 0 Å². The second kappa shape index (κ2) is 15.1. The van der Waals surface area contributed by atoms with Crippen LogP contribution < -0.4 is 9.47 Å². The lowest BCUT2D eigenvalue weighted by atomic mass is 10.0. The summed E-state index contributed by atoms with van der Waals surface area (Å²) in [6, 6.07) is 10.7. The van der Waals surface area contributed by atoms with Crippen molar-refractivity contribution in [1.82, 2.24) is 0 Å². The van der Waals surface area contributed by atoms with E-state index in [9.17, 15) is 0 Å². The van der Waals surface area contributed by atoms with E-state index in [-0.39, 0.29) is 0 Å². The first-order chi connectivity index (χ1) is 14.3. The number of ether oxygens (including phenoxy) is 2. The molecule has 0 bridgehead atoms. The summed E-state index contributed by atoms with van der Waals surface area (Å²) in [7, 11) is 0. The van der Waals surface area contributed by atoms with Gasteiger partial charge in [0.2, 0.25) is 0 Å². The van der Waals surface area contributed by atoms with E-state index in [1.54, 1.807) is 0 Å². The molecule has 0 saturated carbocycles. The molecule has 0 aliphatic rings. The summed E-state index contributed by atoms with van der Waals surface area (Å²) < 4.78 is 12.0. The second-order valence-corrected chi connectivity index (χ2v) is 9.27. The molecule has 0 saturated heterocycles. The van der Waals surface area contributed by atoms with Gasteiger partial charge in [0.1, 0.15) is 11.5 Å². The Labute approximate surface area is 194 Å². The van der Waals surface area contributed by atoms with E-state index in [0.717, 1.165) is 48.2 Å². The smallest absolute Gasteiger partial charge is 0.122 e. The number of halogens is 2. The van der Waals surface area contributed by atoms with Gasteiger partial charge in [-0.1, -0.05) is 82.5 Å². The lowest BCUT2D eigenvalue weighted by molar-refractivity contribution is 0.303. The summed E-state index contributed by atoms with van der Waals surface area (Å²) in [6.45, 7) is 3.76. The van der Waals surface area contributed by atoms with E-state index in [1.165, 1.54) is 67.7 Å². The van der Waals surface area contributed by atoms with Crippen molar-refractivity contribution in [3.8, 4) is 11.5 Å². The highest BCUT2D eigenvalue weighted by Crippen LogP contribution is 2.30. The van der Waals surface area contributed by atoms with Gasteiger partial charge in [0.05, 0.1) is 13.2 Å². The Morgan fingerprint density at radius 1 is 0.655 bits per heavy atom. The highest BCUT2D eigenvalue weighted by Gasteiger charge is 2.06. The van der Waals surface area contributed by atoms with Gasteiger partial charge in [0, 0.05) is 10.7 Å². The van der Waals surface area contributed by atoms with Gasteiger partial charge in [-0.2, -0.15) is 0 Å². The van der Waals surface area contributed by atoms with Crippen LogP contribution in [0, 0.1) is 6.92 Å². The summed E-state index contributed by atoms with van der Waals surface area (Å²) in [5, 5.41) is 4.70. The van der Waals surface area contributed by atoms with Crippen LogP contribution in [0.1, 0.15) is 69.8 Å². The second-order valence-electron chi connectivity index (χ2n) is 7.68. The number of hydrogen-bond donors (Lipinski definition) is 0. The average molecular weight is 528 g/mol. The molecule has 0 aliphatic heterocycles. The quantitative estimate of drug-likeness (QED) is 0.161. The van der Waals surface area contributed by atoms with E-state index >= 15 is 0 Å². The molecule has 4 heteroatoms. The van der Waals surface area contributed by atoms with Gasteiger partial charge in [-0.3, -0.25) is 0 Å². The zero-order chi connectivity index (χ0) is 20.7. The van der Waals surface area contributed by atoms with Crippen LogP contribution in [0.5, 0.6) is 11.5 Å². The summed E-state index contributed by atoms with van der Waals surface area (Å²) in [6.07, 6.45) is 12.5. The van der Waals surface area contributed by atoms with Gasteiger partial charge in [-0.25, -0.2) is 0 Å². The first-order valence-electron chi connectivity index (χ1n) is 11.2. The fourth-order valence-corrected chi connectivity index (χ4v) is 4.31. The third-order valence-corrected chi connectivity index (χ3v) is 6.41. The van der Waals surface area contributed by atoms with Crippen molar-refractivity contribution in [2.75, 3.05) is 23.9 Å². The van der Waals surface area contributed by atoms with Gasteiger partial charge in [0.25, 0.3) is 0 Å². The fourth-order valence-electron chi connectivity index (χ4n) is 3.52. The Hall–Kier alpha value is -0.740. The molecule has 2 nitrogen and oxygen atoms in total. The lowest BCUT2D eigenvalue weighted by Crippen LogP contribution is -2.00. The largest absolute Gasteiger partial charge is 0.494 e. The number of unbranched alkanes of at least 4 members (excludes halogenated alkanes) is 8. The number of alkyl halides is 2. The van der Waals surface area contributed by atoms with E-state index in [0.29, 0.717) is 0 Å². The summed E-state index contributed by atoms with van der Waals surface area (Å²) in [4.78, 5) is 0. The summed E-state index contributed by atoms with van der Waals surface area (Å²) in [5.74, 6) is 1.98. The zero-order valence-corrected chi connectivity index (χ0v) is 21.0. The number of hydrogen-bond acceptors (Lipinski definition) is 2.